The molecule has 0 aliphatic heterocycles. The van der Waals surface area contributed by atoms with Crippen LogP contribution < -0.4 is 5.32 Å². The van der Waals surface area contributed by atoms with Crippen molar-refractivity contribution in [3.8, 4) is 0 Å². The highest BCUT2D eigenvalue weighted by Crippen LogP contribution is 2.23. The molecule has 0 bridgehead atoms. The number of carbonyl (C=O) groups is 1. The minimum Gasteiger partial charge on any atom is -0.322 e. The molecule has 0 fully saturated rings. The molecule has 0 aliphatic rings. The molecular formula is C18H22FNOS. The summed E-state index contributed by atoms with van der Waals surface area (Å²) < 4.78 is 13.8. The van der Waals surface area contributed by atoms with Crippen molar-refractivity contribution < 1.29 is 9.18 Å². The first-order valence-electron chi connectivity index (χ1n) is 6.96. The fourth-order valence-electron chi connectivity index (χ4n) is 1.87. The minimum atomic E-state index is -0.320. The van der Waals surface area contributed by atoms with Crippen LogP contribution in [0.15, 0.2) is 46.9 Å². The summed E-state index contributed by atoms with van der Waals surface area (Å²) >= 11 is 1.53. The molecule has 0 heterocycles. The second-order valence-electron chi connectivity index (χ2n) is 5.09. The van der Waals surface area contributed by atoms with Crippen LogP contribution in [0.3, 0.4) is 0 Å². The van der Waals surface area contributed by atoms with Crippen LogP contribution in [-0.4, -0.2) is 12.2 Å². The largest absolute Gasteiger partial charge is 0.322 e. The van der Waals surface area contributed by atoms with E-state index in [9.17, 15) is 9.18 Å². The molecule has 0 atom stereocenters. The summed E-state index contributed by atoms with van der Waals surface area (Å²) in [6, 6.07) is 3.10. The van der Waals surface area contributed by atoms with Gasteiger partial charge in [-0.1, -0.05) is 12.7 Å². The zero-order chi connectivity index (χ0) is 16.9. The maximum Gasteiger partial charge on any atom is 0.255 e. The minimum absolute atomic E-state index is 0.266. The summed E-state index contributed by atoms with van der Waals surface area (Å²) in [4.78, 5) is 13.3. The van der Waals surface area contributed by atoms with E-state index in [0.717, 1.165) is 16.0 Å². The third-order valence-corrected chi connectivity index (χ3v) is 4.27. The van der Waals surface area contributed by atoms with Crippen LogP contribution >= 0.6 is 11.8 Å². The summed E-state index contributed by atoms with van der Waals surface area (Å²) in [6.07, 6.45) is 5.45. The fourth-order valence-corrected chi connectivity index (χ4v) is 2.46. The highest BCUT2D eigenvalue weighted by Gasteiger charge is 2.11. The molecule has 0 spiro atoms. The summed E-state index contributed by atoms with van der Waals surface area (Å²) in [7, 11) is 0. The van der Waals surface area contributed by atoms with Crippen LogP contribution in [0.2, 0.25) is 0 Å². The molecule has 0 saturated carbocycles. The molecule has 4 heteroatoms. The number of aryl methyl sites for hydroxylation is 1. The van der Waals surface area contributed by atoms with Gasteiger partial charge in [0.1, 0.15) is 5.82 Å². The number of hydrogen-bond donors (Lipinski definition) is 1. The van der Waals surface area contributed by atoms with Gasteiger partial charge < -0.3 is 5.32 Å². The van der Waals surface area contributed by atoms with Gasteiger partial charge in [-0.2, -0.15) is 0 Å². The first kappa shape index (κ1) is 18.2. The Labute approximate surface area is 136 Å². The van der Waals surface area contributed by atoms with Crippen LogP contribution in [0.25, 0.3) is 0 Å². The van der Waals surface area contributed by atoms with E-state index in [-0.39, 0.29) is 11.7 Å². The Morgan fingerprint density at radius 2 is 2.00 bits per heavy atom. The average Bonchev–Trinajstić information content (AvgIpc) is 2.45. The van der Waals surface area contributed by atoms with Crippen LogP contribution in [-0.2, 0) is 4.79 Å². The lowest BCUT2D eigenvalue weighted by atomic mass is 10.1. The summed E-state index contributed by atoms with van der Waals surface area (Å²) in [6.45, 7) is 11.1. The van der Waals surface area contributed by atoms with Gasteiger partial charge in [0.25, 0.3) is 5.91 Å². The second-order valence-corrected chi connectivity index (χ2v) is 5.94. The van der Waals surface area contributed by atoms with E-state index in [1.807, 2.05) is 20.1 Å². The van der Waals surface area contributed by atoms with Gasteiger partial charge in [-0.25, -0.2) is 4.39 Å². The van der Waals surface area contributed by atoms with Gasteiger partial charge in [0.15, 0.2) is 0 Å². The number of anilines is 1. The molecule has 1 N–H and O–H groups in total. The van der Waals surface area contributed by atoms with Crippen LogP contribution in [0.4, 0.5) is 10.1 Å². The number of halogens is 1. The smallest absolute Gasteiger partial charge is 0.255 e. The number of carbonyl (C=O) groups excluding carboxylic acids is 1. The van der Waals surface area contributed by atoms with Gasteiger partial charge in [0, 0.05) is 16.2 Å². The van der Waals surface area contributed by atoms with E-state index < -0.39 is 0 Å². The van der Waals surface area contributed by atoms with Crippen molar-refractivity contribution in [3.05, 3.63) is 63.9 Å². The summed E-state index contributed by atoms with van der Waals surface area (Å²) in [5.74, 6) is -0.586. The number of benzene rings is 1. The van der Waals surface area contributed by atoms with Crippen molar-refractivity contribution in [1.29, 1.82) is 0 Å². The third-order valence-electron chi connectivity index (χ3n) is 3.36. The van der Waals surface area contributed by atoms with Gasteiger partial charge in [0.2, 0.25) is 0 Å². The maximum atomic E-state index is 13.8. The highest BCUT2D eigenvalue weighted by molar-refractivity contribution is 8.02. The van der Waals surface area contributed by atoms with Crippen LogP contribution in [0.5, 0.6) is 0 Å². The van der Waals surface area contributed by atoms with Gasteiger partial charge in [-0.15, -0.1) is 11.8 Å². The lowest BCUT2D eigenvalue weighted by Gasteiger charge is -2.10. The Morgan fingerprint density at radius 1 is 1.36 bits per heavy atom. The molecule has 118 valence electrons. The van der Waals surface area contributed by atoms with E-state index in [4.69, 9.17) is 0 Å². The topological polar surface area (TPSA) is 29.1 Å². The third kappa shape index (κ3) is 4.60. The normalized spacial score (nSPS) is 12.3. The molecule has 0 aromatic heterocycles. The maximum absolute atomic E-state index is 13.8. The van der Waals surface area contributed by atoms with Crippen molar-refractivity contribution in [2.45, 2.75) is 27.7 Å². The zero-order valence-corrected chi connectivity index (χ0v) is 14.5. The molecular weight excluding hydrogens is 297 g/mol. The second kappa shape index (κ2) is 7.99. The van der Waals surface area contributed by atoms with Gasteiger partial charge in [0.05, 0.1) is 0 Å². The lowest BCUT2D eigenvalue weighted by molar-refractivity contribution is -0.112. The predicted octanol–water partition coefficient (Wildman–Crippen LogP) is 5.15. The van der Waals surface area contributed by atoms with Crippen molar-refractivity contribution in [2.75, 3.05) is 11.6 Å². The van der Waals surface area contributed by atoms with Gasteiger partial charge in [-0.05, 0) is 68.9 Å². The SMILES string of the molecule is C=C(C)/C(=C\C(=CC)C(=O)Nc1cc(C)c(C)c(F)c1)SC. The Kier molecular flexibility index (Phi) is 6.62. The van der Waals surface area contributed by atoms with Crippen LogP contribution in [0.1, 0.15) is 25.0 Å². The van der Waals surface area contributed by atoms with Crippen molar-refractivity contribution >= 4 is 23.4 Å². The molecule has 0 radical (unpaired) electrons. The van der Waals surface area contributed by atoms with Gasteiger partial charge in [-0.3, -0.25) is 4.79 Å². The van der Waals surface area contributed by atoms with Crippen molar-refractivity contribution in [1.82, 2.24) is 0 Å². The fraction of sp³-hybridized carbons (Fsp3) is 0.278. The summed E-state index contributed by atoms with van der Waals surface area (Å²) in [5, 5.41) is 2.74. The first-order valence-corrected chi connectivity index (χ1v) is 8.18. The number of thioether (sulfide) groups is 1. The molecule has 1 rings (SSSR count). The van der Waals surface area contributed by atoms with Crippen molar-refractivity contribution in [3.63, 3.8) is 0 Å². The molecule has 1 aromatic carbocycles. The van der Waals surface area contributed by atoms with Crippen molar-refractivity contribution in [2.24, 2.45) is 0 Å². The molecule has 2 nitrogen and oxygen atoms in total. The summed E-state index contributed by atoms with van der Waals surface area (Å²) in [5.41, 5.74) is 3.28. The molecule has 22 heavy (non-hydrogen) atoms. The van der Waals surface area contributed by atoms with E-state index in [1.54, 1.807) is 32.1 Å². The lowest BCUT2D eigenvalue weighted by Crippen LogP contribution is -2.14. The van der Waals surface area contributed by atoms with E-state index in [0.29, 0.717) is 16.8 Å². The van der Waals surface area contributed by atoms with E-state index in [2.05, 4.69) is 11.9 Å². The van der Waals surface area contributed by atoms with Gasteiger partial charge >= 0.3 is 0 Å². The highest BCUT2D eigenvalue weighted by atomic mass is 32.2. The number of nitrogens with one attached hydrogen (secondary N) is 1. The Morgan fingerprint density at radius 3 is 2.45 bits per heavy atom. The Hall–Kier alpha value is -1.81. The predicted molar refractivity (Wildman–Crippen MR) is 94.7 cm³/mol. The standard InChI is InChI=1S/C18H22FNOS/c1-7-14(9-17(22-6)11(2)3)18(21)20-15-8-12(4)13(5)16(19)10-15/h7-10H,2H2,1,3-6H3,(H,20,21)/b14-7?,17-9+. The number of rotatable bonds is 5. The van der Waals surface area contributed by atoms with E-state index in [1.165, 1.54) is 17.8 Å². The molecule has 1 aromatic rings. The number of amides is 1. The number of allylic oxidation sites excluding steroid dienone is 2. The Bertz CT molecular complexity index is 636. The zero-order valence-electron chi connectivity index (χ0n) is 13.7. The quantitative estimate of drug-likeness (QED) is 0.600. The van der Waals surface area contributed by atoms with E-state index >= 15 is 0 Å². The number of hydrogen-bond acceptors (Lipinski definition) is 2. The molecule has 1 amide bonds. The first-order chi connectivity index (χ1) is 10.3. The average molecular weight is 319 g/mol. The molecule has 0 saturated heterocycles. The molecule has 0 aliphatic carbocycles. The monoisotopic (exact) mass is 319 g/mol. The Balaban J connectivity index is 3.03. The van der Waals surface area contributed by atoms with Crippen LogP contribution in [0, 0.1) is 19.7 Å². The molecule has 0 unspecified atom stereocenters.